The van der Waals surface area contributed by atoms with E-state index in [-0.39, 0.29) is 18.1 Å². The van der Waals surface area contributed by atoms with E-state index in [0.29, 0.717) is 12.6 Å². The molecule has 0 bridgehead atoms. The first-order chi connectivity index (χ1) is 14.0. The van der Waals surface area contributed by atoms with Crippen molar-refractivity contribution in [2.75, 3.05) is 19.6 Å². The molecule has 0 unspecified atom stereocenters. The number of nitrogens with one attached hydrogen (secondary N) is 1. The third kappa shape index (κ3) is 3.54. The number of ether oxygens (including phenoxy) is 1. The molecule has 5 rings (SSSR count). The van der Waals surface area contributed by atoms with Gasteiger partial charge in [-0.3, -0.25) is 4.79 Å². The first-order valence-electron chi connectivity index (χ1n) is 11.4. The van der Waals surface area contributed by atoms with Crippen molar-refractivity contribution < 1.29 is 9.53 Å². The van der Waals surface area contributed by atoms with E-state index in [0.717, 1.165) is 49.7 Å². The van der Waals surface area contributed by atoms with Crippen LogP contribution < -0.4 is 10.1 Å². The van der Waals surface area contributed by atoms with Crippen LogP contribution >= 0.6 is 0 Å². The van der Waals surface area contributed by atoms with Crippen LogP contribution in [0.25, 0.3) is 10.9 Å². The zero-order chi connectivity index (χ0) is 20.1. The molecule has 1 atom stereocenters. The van der Waals surface area contributed by atoms with Crippen LogP contribution in [-0.2, 0) is 6.42 Å². The number of nitrogens with zero attached hydrogens (tertiary/aromatic N) is 2. The van der Waals surface area contributed by atoms with Gasteiger partial charge in [-0.15, -0.1) is 0 Å². The predicted molar refractivity (Wildman–Crippen MR) is 116 cm³/mol. The van der Waals surface area contributed by atoms with Gasteiger partial charge >= 0.3 is 0 Å². The average molecular weight is 396 g/mol. The van der Waals surface area contributed by atoms with Gasteiger partial charge in [0.15, 0.2) is 0 Å². The van der Waals surface area contributed by atoms with E-state index >= 15 is 0 Å². The van der Waals surface area contributed by atoms with Gasteiger partial charge in [-0.2, -0.15) is 0 Å². The Labute approximate surface area is 173 Å². The first-order valence-corrected chi connectivity index (χ1v) is 11.4. The highest BCUT2D eigenvalue weighted by atomic mass is 16.5. The van der Waals surface area contributed by atoms with Gasteiger partial charge in [-0.05, 0) is 82.6 Å². The Hall–Kier alpha value is -2.01. The van der Waals surface area contributed by atoms with Crippen molar-refractivity contribution in [1.82, 2.24) is 14.8 Å². The third-order valence-electron chi connectivity index (χ3n) is 6.99. The second-order valence-corrected chi connectivity index (χ2v) is 9.53. The van der Waals surface area contributed by atoms with E-state index in [4.69, 9.17) is 4.74 Å². The summed E-state index contributed by atoms with van der Waals surface area (Å²) >= 11 is 0. The van der Waals surface area contributed by atoms with Crippen LogP contribution in [0.2, 0.25) is 0 Å². The summed E-state index contributed by atoms with van der Waals surface area (Å²) in [7, 11) is 0. The Morgan fingerprint density at radius 1 is 1.17 bits per heavy atom. The molecule has 5 nitrogen and oxygen atoms in total. The summed E-state index contributed by atoms with van der Waals surface area (Å²) in [6, 6.07) is 7.36. The fourth-order valence-electron chi connectivity index (χ4n) is 5.07. The molecular formula is C24H33N3O2. The van der Waals surface area contributed by atoms with E-state index < -0.39 is 0 Å². The molecule has 0 radical (unpaired) electrons. The minimum absolute atomic E-state index is 0.0819. The predicted octanol–water partition coefficient (Wildman–Crippen LogP) is 4.15. The maximum absolute atomic E-state index is 12.7. The summed E-state index contributed by atoms with van der Waals surface area (Å²) in [5.74, 6) is 1.77. The van der Waals surface area contributed by atoms with E-state index in [2.05, 4.69) is 53.8 Å². The number of benzene rings is 1. The van der Waals surface area contributed by atoms with Crippen LogP contribution in [0.3, 0.4) is 0 Å². The zero-order valence-corrected chi connectivity index (χ0v) is 17.9. The van der Waals surface area contributed by atoms with Crippen LogP contribution in [0.15, 0.2) is 18.2 Å². The van der Waals surface area contributed by atoms with Gasteiger partial charge in [0.25, 0.3) is 5.91 Å². The van der Waals surface area contributed by atoms with Crippen LogP contribution in [0.5, 0.6) is 5.75 Å². The lowest BCUT2D eigenvalue weighted by molar-refractivity contribution is 0.0844. The number of aromatic nitrogens is 1. The number of hydrogen-bond donors (Lipinski definition) is 1. The molecule has 2 fully saturated rings. The van der Waals surface area contributed by atoms with Crippen molar-refractivity contribution in [1.29, 1.82) is 0 Å². The lowest BCUT2D eigenvalue weighted by atomic mass is 10.0. The molecule has 1 saturated carbocycles. The van der Waals surface area contributed by atoms with Gasteiger partial charge in [0.1, 0.15) is 17.5 Å². The van der Waals surface area contributed by atoms with Crippen molar-refractivity contribution in [3.8, 4) is 5.75 Å². The highest BCUT2D eigenvalue weighted by Gasteiger charge is 2.33. The molecule has 1 aromatic carbocycles. The quantitative estimate of drug-likeness (QED) is 0.827. The van der Waals surface area contributed by atoms with Gasteiger partial charge in [0, 0.05) is 42.6 Å². The first kappa shape index (κ1) is 19.0. The summed E-state index contributed by atoms with van der Waals surface area (Å²) in [4.78, 5) is 15.3. The monoisotopic (exact) mass is 395 g/mol. The minimum atomic E-state index is 0.0819. The Kier molecular flexibility index (Phi) is 4.81. The molecule has 29 heavy (non-hydrogen) atoms. The van der Waals surface area contributed by atoms with Crippen molar-refractivity contribution in [2.45, 2.75) is 71.1 Å². The largest absolute Gasteiger partial charge is 0.490 e. The third-order valence-corrected chi connectivity index (χ3v) is 6.99. The lowest BCUT2D eigenvalue weighted by Gasteiger charge is -2.34. The summed E-state index contributed by atoms with van der Waals surface area (Å²) in [5.41, 5.74) is 3.29. The summed E-state index contributed by atoms with van der Waals surface area (Å²) < 4.78 is 8.68. The molecule has 2 aliphatic heterocycles. The van der Waals surface area contributed by atoms with Gasteiger partial charge in [-0.1, -0.05) is 0 Å². The average Bonchev–Trinajstić information content (AvgIpc) is 3.47. The molecule has 1 N–H and O–H groups in total. The van der Waals surface area contributed by atoms with Gasteiger partial charge in [-0.25, -0.2) is 0 Å². The van der Waals surface area contributed by atoms with E-state index in [1.165, 1.54) is 29.3 Å². The molecule has 156 valence electrons. The number of rotatable bonds is 5. The van der Waals surface area contributed by atoms with E-state index in [9.17, 15) is 4.79 Å². The number of carbonyl (C=O) groups excluding carboxylic acids is 1. The molecule has 5 heteroatoms. The highest BCUT2D eigenvalue weighted by Crippen LogP contribution is 2.40. The smallest absolute Gasteiger partial charge is 0.268 e. The minimum Gasteiger partial charge on any atom is -0.490 e. The number of carbonyl (C=O) groups is 1. The van der Waals surface area contributed by atoms with E-state index in [1.807, 2.05) is 0 Å². The fourth-order valence-corrected chi connectivity index (χ4v) is 5.07. The lowest BCUT2D eigenvalue weighted by Crippen LogP contribution is -2.41. The molecule has 2 aromatic rings. The standard InChI is InChI=1S/C24H33N3O2/c1-15(2)26-10-8-18(9-11-26)29-19-6-7-22-20(13-19)21(12-17-4-5-17)23-24(28)25-14-16(3)27(22)23/h6-7,13,15-18H,4-5,8-12,14H2,1-3H3,(H,25,28)/t16-/m0/s1. The molecule has 0 spiro atoms. The van der Waals surface area contributed by atoms with Gasteiger partial charge in [0.2, 0.25) is 0 Å². The van der Waals surface area contributed by atoms with Gasteiger partial charge < -0.3 is 19.5 Å². The van der Waals surface area contributed by atoms with Crippen LogP contribution in [0.4, 0.5) is 0 Å². The van der Waals surface area contributed by atoms with Crippen LogP contribution in [0, 0.1) is 5.92 Å². The number of fused-ring (bicyclic) bond motifs is 3. The maximum atomic E-state index is 12.7. The molecule has 3 aliphatic rings. The Morgan fingerprint density at radius 3 is 2.62 bits per heavy atom. The summed E-state index contributed by atoms with van der Waals surface area (Å²) in [5, 5.41) is 4.30. The normalized spacial score (nSPS) is 23.4. The second-order valence-electron chi connectivity index (χ2n) is 9.53. The molecule has 1 aromatic heterocycles. The maximum Gasteiger partial charge on any atom is 0.268 e. The number of piperidine rings is 1. The fraction of sp³-hybridized carbons (Fsp3) is 0.625. The highest BCUT2D eigenvalue weighted by molar-refractivity contribution is 6.03. The van der Waals surface area contributed by atoms with Crippen molar-refractivity contribution in [2.24, 2.45) is 5.92 Å². The van der Waals surface area contributed by atoms with Crippen molar-refractivity contribution in [3.05, 3.63) is 29.5 Å². The molecule has 1 saturated heterocycles. The topological polar surface area (TPSA) is 46.5 Å². The number of hydrogen-bond acceptors (Lipinski definition) is 3. The molecule has 1 aliphatic carbocycles. The summed E-state index contributed by atoms with van der Waals surface area (Å²) in [6.45, 7) is 9.64. The Balaban J connectivity index is 1.46. The number of amides is 1. The molecular weight excluding hydrogens is 362 g/mol. The van der Waals surface area contributed by atoms with Crippen LogP contribution in [0.1, 0.15) is 68.5 Å². The van der Waals surface area contributed by atoms with Crippen molar-refractivity contribution in [3.63, 3.8) is 0 Å². The SMILES string of the molecule is CC(C)N1CCC(Oc2ccc3c(c2)c(CC2CC2)c2n3[C@@H](C)CNC2=O)CC1. The Bertz CT molecular complexity index is 920. The molecule has 3 heterocycles. The Morgan fingerprint density at radius 2 is 1.93 bits per heavy atom. The zero-order valence-electron chi connectivity index (χ0n) is 17.9. The van der Waals surface area contributed by atoms with Gasteiger partial charge in [0.05, 0.1) is 0 Å². The molecule has 1 amide bonds. The van der Waals surface area contributed by atoms with E-state index in [1.54, 1.807) is 0 Å². The summed E-state index contributed by atoms with van der Waals surface area (Å²) in [6.07, 6.45) is 6.03. The van der Waals surface area contributed by atoms with Crippen molar-refractivity contribution >= 4 is 16.8 Å². The second kappa shape index (κ2) is 7.35. The van der Waals surface area contributed by atoms with Crippen LogP contribution in [-0.4, -0.2) is 47.2 Å². The number of likely N-dealkylation sites (tertiary alicyclic amines) is 1.